The molecule has 0 saturated carbocycles. The molecule has 28 heavy (non-hydrogen) atoms. The number of nitrogens with zero attached hydrogens (tertiary/aromatic N) is 1. The normalized spacial score (nSPS) is 16.1. The van der Waals surface area contributed by atoms with Gasteiger partial charge in [0.15, 0.2) is 0 Å². The van der Waals surface area contributed by atoms with E-state index in [2.05, 4.69) is 5.32 Å². The molecular weight excluding hydrogens is 372 g/mol. The first-order chi connectivity index (χ1) is 13.3. The van der Waals surface area contributed by atoms with E-state index in [0.717, 1.165) is 17.0 Å². The first kappa shape index (κ1) is 20.3. The van der Waals surface area contributed by atoms with Gasteiger partial charge in [-0.1, -0.05) is 30.3 Å². The van der Waals surface area contributed by atoms with E-state index in [1.807, 2.05) is 62.4 Å². The van der Waals surface area contributed by atoms with Gasteiger partial charge in [-0.15, -0.1) is 11.8 Å². The number of para-hydroxylation sites is 3. The Balaban J connectivity index is 1.65. The van der Waals surface area contributed by atoms with E-state index in [0.29, 0.717) is 18.0 Å². The van der Waals surface area contributed by atoms with Crippen LogP contribution in [0.5, 0.6) is 5.75 Å². The number of hydrogen-bond donors (Lipinski definition) is 1. The predicted octanol–water partition coefficient (Wildman–Crippen LogP) is 4.26. The summed E-state index contributed by atoms with van der Waals surface area (Å²) in [6, 6.07) is 15.3. The maximum Gasteiger partial charge on any atom is 0.250 e. The lowest BCUT2D eigenvalue weighted by atomic mass is 9.96. The van der Waals surface area contributed by atoms with Crippen molar-refractivity contribution in [3.63, 3.8) is 0 Å². The Morgan fingerprint density at radius 3 is 2.61 bits per heavy atom. The van der Waals surface area contributed by atoms with Gasteiger partial charge in [-0.05, 0) is 51.5 Å². The smallest absolute Gasteiger partial charge is 0.250 e. The lowest BCUT2D eigenvalue weighted by Crippen LogP contribution is -2.60. The van der Waals surface area contributed by atoms with Crippen molar-refractivity contribution in [1.29, 1.82) is 0 Å². The maximum absolute atomic E-state index is 13.2. The molecule has 0 fully saturated rings. The summed E-state index contributed by atoms with van der Waals surface area (Å²) in [6.07, 6.45) is 0. The molecule has 3 rings (SSSR count). The predicted molar refractivity (Wildman–Crippen MR) is 115 cm³/mol. The van der Waals surface area contributed by atoms with Gasteiger partial charge in [0.2, 0.25) is 11.8 Å². The minimum absolute atomic E-state index is 0.0757. The Morgan fingerprint density at radius 2 is 1.86 bits per heavy atom. The van der Waals surface area contributed by atoms with Gasteiger partial charge in [0.05, 0.1) is 23.2 Å². The second-order valence-corrected chi connectivity index (χ2v) is 8.78. The van der Waals surface area contributed by atoms with Crippen molar-refractivity contribution in [1.82, 2.24) is 0 Å². The van der Waals surface area contributed by atoms with Crippen LogP contribution in [0.25, 0.3) is 0 Å². The zero-order chi connectivity index (χ0) is 20.3. The molecule has 1 unspecified atom stereocenters. The Morgan fingerprint density at radius 1 is 1.18 bits per heavy atom. The Bertz CT molecular complexity index is 882. The molecule has 1 atom stereocenters. The van der Waals surface area contributed by atoms with E-state index in [4.69, 9.17) is 4.74 Å². The van der Waals surface area contributed by atoms with Crippen LogP contribution in [0.1, 0.15) is 26.3 Å². The van der Waals surface area contributed by atoms with Gasteiger partial charge in [-0.3, -0.25) is 14.5 Å². The largest absolute Gasteiger partial charge is 0.492 e. The second-order valence-electron chi connectivity index (χ2n) is 7.33. The summed E-state index contributed by atoms with van der Waals surface area (Å²) >= 11 is 1.53. The van der Waals surface area contributed by atoms with Crippen LogP contribution < -0.4 is 15.0 Å². The number of carbonyl (C=O) groups excluding carboxylic acids is 2. The topological polar surface area (TPSA) is 58.6 Å². The number of fused-ring (bicyclic) bond motifs is 1. The molecule has 148 valence electrons. The van der Waals surface area contributed by atoms with Crippen molar-refractivity contribution in [3.8, 4) is 5.75 Å². The van der Waals surface area contributed by atoms with Gasteiger partial charge in [0, 0.05) is 5.75 Å². The fourth-order valence-corrected chi connectivity index (χ4v) is 3.98. The van der Waals surface area contributed by atoms with Crippen LogP contribution in [0, 0.1) is 6.92 Å². The molecule has 0 aromatic heterocycles. The van der Waals surface area contributed by atoms with Crippen molar-refractivity contribution < 1.29 is 14.3 Å². The summed E-state index contributed by atoms with van der Waals surface area (Å²) in [5.41, 5.74) is 1.55. The third-order valence-corrected chi connectivity index (χ3v) is 5.98. The van der Waals surface area contributed by atoms with Crippen LogP contribution in [0.3, 0.4) is 0 Å². The SMILES string of the molecule is Cc1ccccc1OCCSC(C)C(=O)N1c2ccccc2NC(=O)C1(C)C. The number of amides is 2. The van der Waals surface area contributed by atoms with Crippen LogP contribution in [-0.4, -0.2) is 35.0 Å². The molecule has 5 nitrogen and oxygen atoms in total. The molecule has 0 aliphatic carbocycles. The minimum atomic E-state index is -0.947. The molecule has 0 bridgehead atoms. The second kappa shape index (κ2) is 8.27. The van der Waals surface area contributed by atoms with Crippen molar-refractivity contribution >= 4 is 35.0 Å². The summed E-state index contributed by atoms with van der Waals surface area (Å²) in [5.74, 6) is 1.29. The third-order valence-electron chi connectivity index (χ3n) is 4.88. The van der Waals surface area contributed by atoms with E-state index in [9.17, 15) is 9.59 Å². The highest BCUT2D eigenvalue weighted by Crippen LogP contribution is 2.38. The molecule has 1 aliphatic rings. The Hall–Kier alpha value is -2.47. The molecule has 2 amide bonds. The molecule has 2 aromatic carbocycles. The van der Waals surface area contributed by atoms with Crippen molar-refractivity contribution in [2.45, 2.75) is 38.5 Å². The van der Waals surface area contributed by atoms with Gasteiger partial charge < -0.3 is 10.1 Å². The summed E-state index contributed by atoms with van der Waals surface area (Å²) in [4.78, 5) is 27.4. The first-order valence-electron chi connectivity index (χ1n) is 9.37. The summed E-state index contributed by atoms with van der Waals surface area (Å²) in [5, 5.41) is 2.60. The monoisotopic (exact) mass is 398 g/mol. The van der Waals surface area contributed by atoms with Gasteiger partial charge in [0.25, 0.3) is 0 Å². The molecule has 0 radical (unpaired) electrons. The van der Waals surface area contributed by atoms with Crippen LogP contribution in [0.15, 0.2) is 48.5 Å². The van der Waals surface area contributed by atoms with E-state index < -0.39 is 5.54 Å². The van der Waals surface area contributed by atoms with E-state index in [-0.39, 0.29) is 17.1 Å². The Labute approximate surface area is 170 Å². The highest BCUT2D eigenvalue weighted by molar-refractivity contribution is 8.00. The summed E-state index contributed by atoms with van der Waals surface area (Å²) < 4.78 is 5.82. The van der Waals surface area contributed by atoms with Crippen molar-refractivity contribution in [2.75, 3.05) is 22.6 Å². The number of rotatable bonds is 6. The molecular formula is C22H26N2O3S. The minimum Gasteiger partial charge on any atom is -0.492 e. The number of nitrogens with one attached hydrogen (secondary N) is 1. The highest BCUT2D eigenvalue weighted by Gasteiger charge is 2.44. The summed E-state index contributed by atoms with van der Waals surface area (Å²) in [6.45, 7) is 7.96. The highest BCUT2D eigenvalue weighted by atomic mass is 32.2. The molecule has 1 heterocycles. The number of benzene rings is 2. The average Bonchev–Trinajstić information content (AvgIpc) is 2.66. The molecule has 6 heteroatoms. The van der Waals surface area contributed by atoms with Crippen LogP contribution >= 0.6 is 11.8 Å². The number of aryl methyl sites for hydroxylation is 1. The van der Waals surface area contributed by atoms with Crippen LogP contribution in [-0.2, 0) is 9.59 Å². The number of ether oxygens (including phenoxy) is 1. The number of thioether (sulfide) groups is 1. The van der Waals surface area contributed by atoms with Gasteiger partial charge >= 0.3 is 0 Å². The number of anilines is 2. The number of hydrogen-bond acceptors (Lipinski definition) is 4. The first-order valence-corrected chi connectivity index (χ1v) is 10.4. The lowest BCUT2D eigenvalue weighted by molar-refractivity contribution is -0.126. The van der Waals surface area contributed by atoms with Crippen LogP contribution in [0.2, 0.25) is 0 Å². The van der Waals surface area contributed by atoms with Gasteiger partial charge in [0.1, 0.15) is 11.3 Å². The fourth-order valence-electron chi connectivity index (χ4n) is 3.19. The zero-order valence-corrected chi connectivity index (χ0v) is 17.5. The van der Waals surface area contributed by atoms with Crippen molar-refractivity contribution in [2.24, 2.45) is 0 Å². The van der Waals surface area contributed by atoms with Crippen molar-refractivity contribution in [3.05, 3.63) is 54.1 Å². The van der Waals surface area contributed by atoms with E-state index in [1.165, 1.54) is 11.8 Å². The third kappa shape index (κ3) is 4.02. The lowest BCUT2D eigenvalue weighted by Gasteiger charge is -2.43. The van der Waals surface area contributed by atoms with Gasteiger partial charge in [-0.25, -0.2) is 0 Å². The van der Waals surface area contributed by atoms with E-state index in [1.54, 1.807) is 18.7 Å². The summed E-state index contributed by atoms with van der Waals surface area (Å²) in [7, 11) is 0. The standard InChI is InChI=1S/C22H26N2O3S/c1-15-9-5-8-12-19(15)27-13-14-28-16(2)20(25)24-18-11-7-6-10-17(18)23-21(26)22(24,3)4/h5-12,16H,13-14H2,1-4H3,(H,23,26). The molecule has 1 N–H and O–H groups in total. The Kier molecular flexibility index (Phi) is 5.98. The molecule has 2 aromatic rings. The molecule has 0 saturated heterocycles. The molecule has 0 spiro atoms. The van der Waals surface area contributed by atoms with Crippen LogP contribution in [0.4, 0.5) is 11.4 Å². The van der Waals surface area contributed by atoms with Gasteiger partial charge in [-0.2, -0.15) is 0 Å². The fraction of sp³-hybridized carbons (Fsp3) is 0.364. The average molecular weight is 399 g/mol. The maximum atomic E-state index is 13.2. The quantitative estimate of drug-likeness (QED) is 0.739. The van der Waals surface area contributed by atoms with E-state index >= 15 is 0 Å². The number of carbonyl (C=O) groups is 2. The zero-order valence-electron chi connectivity index (χ0n) is 16.7. The molecule has 1 aliphatic heterocycles.